The fourth-order valence-electron chi connectivity index (χ4n) is 1.53. The highest BCUT2D eigenvalue weighted by molar-refractivity contribution is 9.10. The molecule has 0 saturated heterocycles. The summed E-state index contributed by atoms with van der Waals surface area (Å²) in [7, 11) is 0. The molecule has 18 heavy (non-hydrogen) atoms. The van der Waals surface area contributed by atoms with E-state index < -0.39 is 0 Å². The number of H-pyrrole nitrogens is 1. The second-order valence-corrected chi connectivity index (χ2v) is 5.17. The Kier molecular flexibility index (Phi) is 4.04. The van der Waals surface area contributed by atoms with Gasteiger partial charge in [0.05, 0.1) is 22.8 Å². The molecule has 0 aliphatic carbocycles. The molecule has 0 bridgehead atoms. The largest absolute Gasteiger partial charge is 0.345 e. The first-order chi connectivity index (χ1) is 8.58. The maximum Gasteiger partial charge on any atom is 0.253 e. The molecule has 0 fully saturated rings. The lowest BCUT2D eigenvalue weighted by molar-refractivity contribution is 0.0940. The van der Waals surface area contributed by atoms with E-state index in [0.29, 0.717) is 10.6 Å². The van der Waals surface area contributed by atoms with Crippen LogP contribution in [0.15, 0.2) is 35.1 Å². The Balaban J connectivity index is 2.12. The summed E-state index contributed by atoms with van der Waals surface area (Å²) >= 11 is 9.32. The molecule has 0 aliphatic rings. The number of carbonyl (C=O) groups is 1. The Labute approximate surface area is 118 Å². The number of nitrogens with one attached hydrogen (secondary N) is 2. The van der Waals surface area contributed by atoms with Crippen molar-refractivity contribution in [2.24, 2.45) is 0 Å². The molecule has 0 spiro atoms. The molecule has 0 aliphatic heterocycles. The summed E-state index contributed by atoms with van der Waals surface area (Å²) in [6.45, 7) is 1.88. The van der Waals surface area contributed by atoms with E-state index in [9.17, 15) is 4.79 Å². The molecule has 4 nitrogen and oxygen atoms in total. The van der Waals surface area contributed by atoms with Gasteiger partial charge in [-0.3, -0.25) is 9.89 Å². The minimum atomic E-state index is -0.207. The summed E-state index contributed by atoms with van der Waals surface area (Å²) in [5, 5.41) is 9.83. The Morgan fingerprint density at radius 2 is 2.33 bits per heavy atom. The van der Waals surface area contributed by atoms with Crippen LogP contribution in [0.1, 0.15) is 28.9 Å². The SMILES string of the molecule is CC(NC(=O)c1ccc(Br)cc1Cl)c1cn[nH]c1. The van der Waals surface area contributed by atoms with Crippen LogP contribution in [0.5, 0.6) is 0 Å². The fraction of sp³-hybridized carbons (Fsp3) is 0.167. The molecule has 94 valence electrons. The number of aromatic amines is 1. The molecule has 1 heterocycles. The van der Waals surface area contributed by atoms with Gasteiger partial charge in [-0.05, 0) is 25.1 Å². The highest BCUT2D eigenvalue weighted by atomic mass is 79.9. The molecular weight excluding hydrogens is 318 g/mol. The van der Waals surface area contributed by atoms with Crippen LogP contribution in [0.3, 0.4) is 0 Å². The topological polar surface area (TPSA) is 57.8 Å². The van der Waals surface area contributed by atoms with Gasteiger partial charge in [-0.25, -0.2) is 0 Å². The lowest BCUT2D eigenvalue weighted by Gasteiger charge is -2.12. The van der Waals surface area contributed by atoms with Gasteiger partial charge >= 0.3 is 0 Å². The zero-order valence-corrected chi connectivity index (χ0v) is 11.9. The van der Waals surface area contributed by atoms with Crippen molar-refractivity contribution in [2.45, 2.75) is 13.0 Å². The number of amides is 1. The van der Waals surface area contributed by atoms with Crippen molar-refractivity contribution in [3.05, 3.63) is 51.2 Å². The molecule has 2 N–H and O–H groups in total. The minimum absolute atomic E-state index is 0.129. The van der Waals surface area contributed by atoms with E-state index in [0.717, 1.165) is 10.0 Å². The second kappa shape index (κ2) is 5.54. The number of rotatable bonds is 3. The summed E-state index contributed by atoms with van der Waals surface area (Å²) in [6, 6.07) is 5.03. The summed E-state index contributed by atoms with van der Waals surface area (Å²) in [6.07, 6.45) is 3.42. The molecular formula is C12H11BrClN3O. The molecule has 1 amide bonds. The van der Waals surface area contributed by atoms with Gasteiger partial charge < -0.3 is 5.32 Å². The maximum absolute atomic E-state index is 12.0. The predicted molar refractivity (Wildman–Crippen MR) is 73.6 cm³/mol. The molecule has 0 radical (unpaired) electrons. The number of benzene rings is 1. The van der Waals surface area contributed by atoms with E-state index in [2.05, 4.69) is 31.4 Å². The maximum atomic E-state index is 12.0. The average molecular weight is 329 g/mol. The van der Waals surface area contributed by atoms with Gasteiger partial charge in [0.15, 0.2) is 0 Å². The van der Waals surface area contributed by atoms with Crippen LogP contribution >= 0.6 is 27.5 Å². The van der Waals surface area contributed by atoms with Crippen molar-refractivity contribution in [3.63, 3.8) is 0 Å². The number of halogens is 2. The van der Waals surface area contributed by atoms with Crippen LogP contribution in [0.2, 0.25) is 5.02 Å². The fourth-order valence-corrected chi connectivity index (χ4v) is 2.29. The third kappa shape index (κ3) is 2.91. The molecule has 1 aromatic heterocycles. The van der Waals surface area contributed by atoms with Crippen LogP contribution in [0.4, 0.5) is 0 Å². The Bertz CT molecular complexity index is 556. The standard InChI is InChI=1S/C12H11BrClN3O/c1-7(8-5-15-16-6-8)17-12(18)10-3-2-9(13)4-11(10)14/h2-7H,1H3,(H,15,16)(H,17,18). The molecule has 1 unspecified atom stereocenters. The van der Waals surface area contributed by atoms with Crippen LogP contribution in [0.25, 0.3) is 0 Å². The lowest BCUT2D eigenvalue weighted by Crippen LogP contribution is -2.26. The van der Waals surface area contributed by atoms with Crippen LogP contribution in [0, 0.1) is 0 Å². The Morgan fingerprint density at radius 3 is 2.94 bits per heavy atom. The lowest BCUT2D eigenvalue weighted by atomic mass is 10.1. The number of hydrogen-bond donors (Lipinski definition) is 2. The third-order valence-corrected chi connectivity index (χ3v) is 3.35. The van der Waals surface area contributed by atoms with E-state index in [1.165, 1.54) is 0 Å². The first-order valence-electron chi connectivity index (χ1n) is 5.32. The number of hydrogen-bond acceptors (Lipinski definition) is 2. The normalized spacial score (nSPS) is 12.2. The number of nitrogens with zero attached hydrogens (tertiary/aromatic N) is 1. The van der Waals surface area contributed by atoms with E-state index in [1.54, 1.807) is 30.6 Å². The summed E-state index contributed by atoms with van der Waals surface area (Å²) in [5.41, 5.74) is 1.37. The van der Waals surface area contributed by atoms with E-state index in [-0.39, 0.29) is 11.9 Å². The van der Waals surface area contributed by atoms with E-state index >= 15 is 0 Å². The van der Waals surface area contributed by atoms with Gasteiger partial charge in [-0.15, -0.1) is 0 Å². The Hall–Kier alpha value is -1.33. The van der Waals surface area contributed by atoms with Gasteiger partial charge in [0.2, 0.25) is 0 Å². The highest BCUT2D eigenvalue weighted by Crippen LogP contribution is 2.22. The van der Waals surface area contributed by atoms with Crippen LogP contribution in [-0.4, -0.2) is 16.1 Å². The van der Waals surface area contributed by atoms with E-state index in [1.807, 2.05) is 6.92 Å². The van der Waals surface area contributed by atoms with Crippen molar-refractivity contribution in [2.75, 3.05) is 0 Å². The van der Waals surface area contributed by atoms with Gasteiger partial charge in [0, 0.05) is 16.2 Å². The Morgan fingerprint density at radius 1 is 1.56 bits per heavy atom. The monoisotopic (exact) mass is 327 g/mol. The smallest absolute Gasteiger partial charge is 0.253 e. The highest BCUT2D eigenvalue weighted by Gasteiger charge is 2.14. The third-order valence-electron chi connectivity index (χ3n) is 2.54. The second-order valence-electron chi connectivity index (χ2n) is 3.85. The first-order valence-corrected chi connectivity index (χ1v) is 6.49. The molecule has 1 aromatic carbocycles. The van der Waals surface area contributed by atoms with Crippen LogP contribution < -0.4 is 5.32 Å². The van der Waals surface area contributed by atoms with Crippen molar-refractivity contribution in [1.29, 1.82) is 0 Å². The quantitative estimate of drug-likeness (QED) is 0.908. The van der Waals surface area contributed by atoms with Crippen LogP contribution in [-0.2, 0) is 0 Å². The zero-order valence-electron chi connectivity index (χ0n) is 9.58. The molecule has 2 rings (SSSR count). The molecule has 0 saturated carbocycles. The molecule has 1 atom stereocenters. The summed E-state index contributed by atoms with van der Waals surface area (Å²) in [4.78, 5) is 12.0. The van der Waals surface area contributed by atoms with E-state index in [4.69, 9.17) is 11.6 Å². The summed E-state index contributed by atoms with van der Waals surface area (Å²) < 4.78 is 0.840. The average Bonchev–Trinajstić information content (AvgIpc) is 2.81. The molecule has 2 aromatic rings. The summed E-state index contributed by atoms with van der Waals surface area (Å²) in [5.74, 6) is -0.207. The number of aromatic nitrogens is 2. The first kappa shape index (κ1) is 13.1. The van der Waals surface area contributed by atoms with Crippen molar-refractivity contribution < 1.29 is 4.79 Å². The van der Waals surface area contributed by atoms with Gasteiger partial charge in [-0.1, -0.05) is 27.5 Å². The van der Waals surface area contributed by atoms with Gasteiger partial charge in [-0.2, -0.15) is 5.10 Å². The molecule has 6 heteroatoms. The zero-order chi connectivity index (χ0) is 13.1. The van der Waals surface area contributed by atoms with Crippen molar-refractivity contribution >= 4 is 33.4 Å². The van der Waals surface area contributed by atoms with Gasteiger partial charge in [0.25, 0.3) is 5.91 Å². The predicted octanol–water partition coefficient (Wildman–Crippen LogP) is 3.32. The van der Waals surface area contributed by atoms with Crippen molar-refractivity contribution in [3.8, 4) is 0 Å². The van der Waals surface area contributed by atoms with Gasteiger partial charge in [0.1, 0.15) is 0 Å². The van der Waals surface area contributed by atoms with Crippen molar-refractivity contribution in [1.82, 2.24) is 15.5 Å². The number of carbonyl (C=O) groups excluding carboxylic acids is 1. The minimum Gasteiger partial charge on any atom is -0.345 e.